The Labute approximate surface area is 121 Å². The van der Waals surface area contributed by atoms with Crippen LogP contribution in [0.15, 0.2) is 53.0 Å². The average molecular weight is 315 g/mol. The summed E-state index contributed by atoms with van der Waals surface area (Å²) in [4.78, 5) is 12.4. The Kier molecular flexibility index (Phi) is 3.28. The standard InChI is InChI=1S/C17H15BrO/c1-11-2-4-12(5-3-11)15-10-16(15)17(19)13-6-8-14(18)9-7-13/h2-9,15-16H,10H2,1H3/t15-,16+/m0/s1. The molecule has 0 amide bonds. The molecule has 2 aromatic carbocycles. The number of rotatable bonds is 3. The van der Waals surface area contributed by atoms with E-state index in [-0.39, 0.29) is 11.7 Å². The minimum Gasteiger partial charge on any atom is -0.294 e. The van der Waals surface area contributed by atoms with Crippen molar-refractivity contribution in [2.75, 3.05) is 0 Å². The van der Waals surface area contributed by atoms with Crippen LogP contribution >= 0.6 is 15.9 Å². The lowest BCUT2D eigenvalue weighted by atomic mass is 10.0. The lowest BCUT2D eigenvalue weighted by Crippen LogP contribution is -2.02. The Bertz CT molecular complexity index is 598. The first-order chi connectivity index (χ1) is 9.15. The van der Waals surface area contributed by atoms with E-state index in [1.54, 1.807) is 0 Å². The highest BCUT2D eigenvalue weighted by molar-refractivity contribution is 9.10. The number of ketones is 1. The Hall–Kier alpha value is -1.41. The van der Waals surface area contributed by atoms with Gasteiger partial charge in [0.25, 0.3) is 0 Å². The molecular weight excluding hydrogens is 300 g/mol. The van der Waals surface area contributed by atoms with Crippen molar-refractivity contribution in [3.63, 3.8) is 0 Å². The van der Waals surface area contributed by atoms with E-state index in [2.05, 4.69) is 47.1 Å². The zero-order valence-corrected chi connectivity index (χ0v) is 12.4. The highest BCUT2D eigenvalue weighted by Gasteiger charge is 2.43. The normalized spacial score (nSPS) is 21.2. The van der Waals surface area contributed by atoms with Crippen LogP contribution in [-0.4, -0.2) is 5.78 Å². The fraction of sp³-hybridized carbons (Fsp3) is 0.235. The van der Waals surface area contributed by atoms with Gasteiger partial charge in [-0.05, 0) is 37.0 Å². The molecule has 0 spiro atoms. The van der Waals surface area contributed by atoms with Crippen LogP contribution in [0.2, 0.25) is 0 Å². The second-order valence-electron chi connectivity index (χ2n) is 5.23. The smallest absolute Gasteiger partial charge is 0.166 e. The molecule has 19 heavy (non-hydrogen) atoms. The lowest BCUT2D eigenvalue weighted by molar-refractivity contribution is 0.0965. The van der Waals surface area contributed by atoms with Crippen LogP contribution in [0.5, 0.6) is 0 Å². The van der Waals surface area contributed by atoms with Gasteiger partial charge in [-0.15, -0.1) is 0 Å². The number of Topliss-reactive ketones (excluding diaryl/α,β-unsaturated/α-hetero) is 1. The van der Waals surface area contributed by atoms with E-state index in [0.29, 0.717) is 5.92 Å². The third-order valence-electron chi connectivity index (χ3n) is 3.76. The molecule has 96 valence electrons. The molecule has 2 heteroatoms. The highest BCUT2D eigenvalue weighted by atomic mass is 79.9. The topological polar surface area (TPSA) is 17.1 Å². The molecule has 2 aromatic rings. The largest absolute Gasteiger partial charge is 0.294 e. The number of carbonyl (C=O) groups is 1. The monoisotopic (exact) mass is 314 g/mol. The van der Waals surface area contributed by atoms with Crippen molar-refractivity contribution in [3.8, 4) is 0 Å². The molecule has 1 nitrogen and oxygen atoms in total. The van der Waals surface area contributed by atoms with Crippen molar-refractivity contribution in [2.45, 2.75) is 19.3 Å². The van der Waals surface area contributed by atoms with Crippen LogP contribution in [0.4, 0.5) is 0 Å². The first-order valence-electron chi connectivity index (χ1n) is 6.51. The molecule has 2 atom stereocenters. The molecule has 1 fully saturated rings. The third-order valence-corrected chi connectivity index (χ3v) is 4.29. The van der Waals surface area contributed by atoms with Crippen molar-refractivity contribution in [1.29, 1.82) is 0 Å². The Morgan fingerprint density at radius 3 is 2.32 bits per heavy atom. The second-order valence-corrected chi connectivity index (χ2v) is 6.15. The number of halogens is 1. The molecule has 1 aliphatic carbocycles. The van der Waals surface area contributed by atoms with Gasteiger partial charge in [0.05, 0.1) is 0 Å². The Morgan fingerprint density at radius 1 is 1.05 bits per heavy atom. The molecule has 0 bridgehead atoms. The van der Waals surface area contributed by atoms with Crippen molar-refractivity contribution < 1.29 is 4.79 Å². The molecule has 0 N–H and O–H groups in total. The molecule has 1 aliphatic rings. The van der Waals surface area contributed by atoms with Gasteiger partial charge in [0.15, 0.2) is 5.78 Å². The van der Waals surface area contributed by atoms with Crippen LogP contribution in [-0.2, 0) is 0 Å². The average Bonchev–Trinajstić information content (AvgIpc) is 3.20. The second kappa shape index (κ2) is 4.93. The zero-order chi connectivity index (χ0) is 13.4. The molecule has 0 aliphatic heterocycles. The van der Waals surface area contributed by atoms with Gasteiger partial charge in [-0.25, -0.2) is 0 Å². The minimum absolute atomic E-state index is 0.170. The summed E-state index contributed by atoms with van der Waals surface area (Å²) in [5, 5.41) is 0. The molecule has 1 saturated carbocycles. The highest BCUT2D eigenvalue weighted by Crippen LogP contribution is 2.49. The quantitative estimate of drug-likeness (QED) is 0.748. The van der Waals surface area contributed by atoms with E-state index in [1.165, 1.54) is 11.1 Å². The fourth-order valence-corrected chi connectivity index (χ4v) is 2.76. The van der Waals surface area contributed by atoms with Gasteiger partial charge >= 0.3 is 0 Å². The van der Waals surface area contributed by atoms with Gasteiger partial charge in [-0.2, -0.15) is 0 Å². The van der Waals surface area contributed by atoms with E-state index >= 15 is 0 Å². The summed E-state index contributed by atoms with van der Waals surface area (Å²) in [6, 6.07) is 16.2. The number of hydrogen-bond acceptors (Lipinski definition) is 1. The molecule has 3 rings (SSSR count). The van der Waals surface area contributed by atoms with Gasteiger partial charge < -0.3 is 0 Å². The third kappa shape index (κ3) is 2.64. The zero-order valence-electron chi connectivity index (χ0n) is 10.8. The van der Waals surface area contributed by atoms with Crippen LogP contribution < -0.4 is 0 Å². The van der Waals surface area contributed by atoms with Crippen LogP contribution in [0, 0.1) is 12.8 Å². The maximum absolute atomic E-state index is 12.4. The summed E-state index contributed by atoms with van der Waals surface area (Å²) in [5.41, 5.74) is 3.38. The van der Waals surface area contributed by atoms with Gasteiger partial charge in [0.1, 0.15) is 0 Å². The predicted octanol–water partition coefficient (Wildman–Crippen LogP) is 4.74. The van der Waals surface area contributed by atoms with Gasteiger partial charge in [0, 0.05) is 16.0 Å². The van der Waals surface area contributed by atoms with Crippen molar-refractivity contribution >= 4 is 21.7 Å². The minimum atomic E-state index is 0.170. The van der Waals surface area contributed by atoms with Crippen molar-refractivity contribution in [2.24, 2.45) is 5.92 Å². The van der Waals surface area contributed by atoms with E-state index in [4.69, 9.17) is 0 Å². The summed E-state index contributed by atoms with van der Waals surface area (Å²) >= 11 is 3.39. The fourth-order valence-electron chi connectivity index (χ4n) is 2.50. The van der Waals surface area contributed by atoms with Crippen LogP contribution in [0.3, 0.4) is 0 Å². The maximum Gasteiger partial charge on any atom is 0.166 e. The van der Waals surface area contributed by atoms with Crippen LogP contribution in [0.25, 0.3) is 0 Å². The summed E-state index contributed by atoms with van der Waals surface area (Å²) in [6.45, 7) is 2.08. The number of hydrogen-bond donors (Lipinski definition) is 0. The summed E-state index contributed by atoms with van der Waals surface area (Å²) in [7, 11) is 0. The SMILES string of the molecule is Cc1ccc([C@@H]2C[C@H]2C(=O)c2ccc(Br)cc2)cc1. The van der Waals surface area contributed by atoms with E-state index in [0.717, 1.165) is 16.5 Å². The lowest BCUT2D eigenvalue weighted by Gasteiger charge is -2.02. The maximum atomic E-state index is 12.4. The summed E-state index contributed by atoms with van der Waals surface area (Å²) in [6.07, 6.45) is 0.984. The molecular formula is C17H15BrO. The predicted molar refractivity (Wildman–Crippen MR) is 80.5 cm³/mol. The van der Waals surface area contributed by atoms with Gasteiger partial charge in [-0.1, -0.05) is 57.9 Å². The first kappa shape index (κ1) is 12.6. The number of carbonyl (C=O) groups excluding carboxylic acids is 1. The van der Waals surface area contributed by atoms with E-state index < -0.39 is 0 Å². The summed E-state index contributed by atoms with van der Waals surface area (Å²) in [5.74, 6) is 0.860. The molecule has 0 aromatic heterocycles. The van der Waals surface area contributed by atoms with Crippen LogP contribution in [0.1, 0.15) is 33.8 Å². The van der Waals surface area contributed by atoms with Crippen molar-refractivity contribution in [3.05, 3.63) is 69.7 Å². The van der Waals surface area contributed by atoms with E-state index in [1.807, 2.05) is 24.3 Å². The van der Waals surface area contributed by atoms with Crippen molar-refractivity contribution in [1.82, 2.24) is 0 Å². The van der Waals surface area contributed by atoms with Gasteiger partial charge in [-0.3, -0.25) is 4.79 Å². The molecule has 0 radical (unpaired) electrons. The molecule has 0 heterocycles. The van der Waals surface area contributed by atoms with E-state index in [9.17, 15) is 4.79 Å². The number of aryl methyl sites for hydroxylation is 1. The molecule has 0 saturated heterocycles. The van der Waals surface area contributed by atoms with Gasteiger partial charge in [0.2, 0.25) is 0 Å². The summed E-state index contributed by atoms with van der Waals surface area (Å²) < 4.78 is 1.01. The number of benzene rings is 2. The Morgan fingerprint density at radius 2 is 1.68 bits per heavy atom. The molecule has 0 unspecified atom stereocenters. The first-order valence-corrected chi connectivity index (χ1v) is 7.31. The Balaban J connectivity index is 1.74.